The van der Waals surface area contributed by atoms with E-state index in [2.05, 4.69) is 10.6 Å². The Morgan fingerprint density at radius 2 is 1.82 bits per heavy atom. The molecule has 2 fully saturated rings. The number of carbonyl (C=O) groups is 2. The molecule has 2 aliphatic rings. The highest BCUT2D eigenvalue weighted by Gasteiger charge is 2.42. The molecule has 2 aromatic carbocycles. The molecule has 0 radical (unpaired) electrons. The SMILES string of the molecule is O=C1NC[C@H](c2cccc(C(F)(F)F)c2)[C@H]1C(=O)Nc1ccccc1C1CC1. The molecule has 146 valence electrons. The van der Waals surface area contributed by atoms with Gasteiger partial charge >= 0.3 is 6.18 Å². The van der Waals surface area contributed by atoms with Crippen molar-refractivity contribution in [3.63, 3.8) is 0 Å². The zero-order chi connectivity index (χ0) is 19.9. The summed E-state index contributed by atoms with van der Waals surface area (Å²) in [6.45, 7) is 0.127. The molecule has 0 spiro atoms. The minimum atomic E-state index is -4.48. The van der Waals surface area contributed by atoms with Gasteiger partial charge in [0, 0.05) is 18.2 Å². The van der Waals surface area contributed by atoms with Gasteiger partial charge in [0.05, 0.1) is 5.56 Å². The highest BCUT2D eigenvalue weighted by Crippen LogP contribution is 2.43. The van der Waals surface area contributed by atoms with Gasteiger partial charge in [0.2, 0.25) is 11.8 Å². The quantitative estimate of drug-likeness (QED) is 0.777. The number of benzene rings is 2. The van der Waals surface area contributed by atoms with E-state index in [9.17, 15) is 22.8 Å². The number of halogens is 3. The second kappa shape index (κ2) is 6.96. The van der Waals surface area contributed by atoms with Gasteiger partial charge in [-0.1, -0.05) is 36.4 Å². The van der Waals surface area contributed by atoms with Crippen LogP contribution in [0.3, 0.4) is 0 Å². The fourth-order valence-corrected chi connectivity index (χ4v) is 3.75. The summed E-state index contributed by atoms with van der Waals surface area (Å²) in [5.74, 6) is -2.28. The lowest BCUT2D eigenvalue weighted by Crippen LogP contribution is -2.32. The summed E-state index contributed by atoms with van der Waals surface area (Å²) >= 11 is 0. The first-order valence-electron chi connectivity index (χ1n) is 9.19. The molecule has 2 N–H and O–H groups in total. The lowest BCUT2D eigenvalue weighted by molar-refractivity contribution is -0.137. The topological polar surface area (TPSA) is 58.2 Å². The minimum absolute atomic E-state index is 0.127. The highest BCUT2D eigenvalue weighted by molar-refractivity contribution is 6.08. The van der Waals surface area contributed by atoms with Gasteiger partial charge in [0.15, 0.2) is 0 Å². The highest BCUT2D eigenvalue weighted by atomic mass is 19.4. The molecule has 4 rings (SSSR count). The van der Waals surface area contributed by atoms with Gasteiger partial charge in [-0.2, -0.15) is 13.2 Å². The van der Waals surface area contributed by atoms with Crippen LogP contribution in [-0.2, 0) is 15.8 Å². The zero-order valence-corrected chi connectivity index (χ0v) is 14.9. The summed E-state index contributed by atoms with van der Waals surface area (Å²) in [7, 11) is 0. The van der Waals surface area contributed by atoms with Gasteiger partial charge in [0.1, 0.15) is 5.92 Å². The standard InChI is InChI=1S/C21H19F3N2O2/c22-21(23,24)14-5-3-4-13(10-14)16-11-25-19(27)18(16)20(28)26-17-7-2-1-6-15(17)12-8-9-12/h1-7,10,12,16,18H,8-9,11H2,(H,25,27)(H,26,28)/t16-,18-/m1/s1. The van der Waals surface area contributed by atoms with Crippen molar-refractivity contribution in [3.05, 3.63) is 65.2 Å². The van der Waals surface area contributed by atoms with Gasteiger partial charge < -0.3 is 10.6 Å². The second-order valence-electron chi connectivity index (χ2n) is 7.30. The van der Waals surface area contributed by atoms with Crippen molar-refractivity contribution in [1.29, 1.82) is 0 Å². The van der Waals surface area contributed by atoms with E-state index in [1.807, 2.05) is 12.1 Å². The van der Waals surface area contributed by atoms with Gasteiger partial charge in [-0.25, -0.2) is 0 Å². The number of carbonyl (C=O) groups excluding carboxylic acids is 2. The number of amides is 2. The molecule has 0 bridgehead atoms. The first-order chi connectivity index (χ1) is 13.3. The number of hydrogen-bond acceptors (Lipinski definition) is 2. The molecule has 1 saturated carbocycles. The number of hydrogen-bond donors (Lipinski definition) is 2. The Kier molecular flexibility index (Phi) is 4.61. The van der Waals surface area contributed by atoms with Gasteiger partial charge in [-0.3, -0.25) is 9.59 Å². The van der Waals surface area contributed by atoms with E-state index in [0.717, 1.165) is 30.5 Å². The van der Waals surface area contributed by atoms with Crippen LogP contribution >= 0.6 is 0 Å². The number of rotatable bonds is 4. The first-order valence-corrected chi connectivity index (χ1v) is 9.19. The second-order valence-corrected chi connectivity index (χ2v) is 7.30. The molecule has 7 heteroatoms. The number of para-hydroxylation sites is 1. The van der Waals surface area contributed by atoms with Crippen LogP contribution in [-0.4, -0.2) is 18.4 Å². The summed E-state index contributed by atoms with van der Waals surface area (Å²) in [5.41, 5.74) is 1.23. The summed E-state index contributed by atoms with van der Waals surface area (Å²) < 4.78 is 39.1. The molecule has 1 aliphatic heterocycles. The Morgan fingerprint density at radius 1 is 1.07 bits per heavy atom. The normalized spacial score (nSPS) is 22.0. The van der Waals surface area contributed by atoms with Crippen molar-refractivity contribution in [3.8, 4) is 0 Å². The molecule has 1 saturated heterocycles. The monoisotopic (exact) mass is 388 g/mol. The fraction of sp³-hybridized carbons (Fsp3) is 0.333. The molecular formula is C21H19F3N2O2. The van der Waals surface area contributed by atoms with Crippen molar-refractivity contribution >= 4 is 17.5 Å². The maximum absolute atomic E-state index is 13.0. The predicted octanol–water partition coefficient (Wildman–Crippen LogP) is 4.05. The van der Waals surface area contributed by atoms with E-state index >= 15 is 0 Å². The van der Waals surface area contributed by atoms with Crippen molar-refractivity contribution < 1.29 is 22.8 Å². The molecule has 2 amide bonds. The molecule has 1 heterocycles. The Labute approximate surface area is 160 Å². The summed E-state index contributed by atoms with van der Waals surface area (Å²) in [6.07, 6.45) is -2.36. The number of anilines is 1. The van der Waals surface area contributed by atoms with Gasteiger partial charge in [0.25, 0.3) is 0 Å². The van der Waals surface area contributed by atoms with Crippen molar-refractivity contribution in [2.24, 2.45) is 5.92 Å². The predicted molar refractivity (Wildman–Crippen MR) is 97.7 cm³/mol. The molecule has 0 aromatic heterocycles. The largest absolute Gasteiger partial charge is 0.416 e. The van der Waals surface area contributed by atoms with Crippen LogP contribution in [0.1, 0.15) is 41.4 Å². The lowest BCUT2D eigenvalue weighted by atomic mass is 9.87. The minimum Gasteiger partial charge on any atom is -0.355 e. The maximum Gasteiger partial charge on any atom is 0.416 e. The molecule has 28 heavy (non-hydrogen) atoms. The molecular weight excluding hydrogens is 369 g/mol. The van der Waals surface area contributed by atoms with E-state index in [1.165, 1.54) is 12.1 Å². The molecule has 2 aromatic rings. The van der Waals surface area contributed by atoms with Crippen LogP contribution in [0.15, 0.2) is 48.5 Å². The Balaban J connectivity index is 1.59. The molecule has 1 aliphatic carbocycles. The van der Waals surface area contributed by atoms with Gasteiger partial charge in [-0.15, -0.1) is 0 Å². The van der Waals surface area contributed by atoms with Crippen LogP contribution in [0.4, 0.5) is 18.9 Å². The smallest absolute Gasteiger partial charge is 0.355 e. The third-order valence-corrected chi connectivity index (χ3v) is 5.34. The fourth-order valence-electron chi connectivity index (χ4n) is 3.75. The van der Waals surface area contributed by atoms with Gasteiger partial charge in [-0.05, 0) is 42.0 Å². The van der Waals surface area contributed by atoms with Crippen LogP contribution in [0.5, 0.6) is 0 Å². The first kappa shape index (κ1) is 18.5. The van der Waals surface area contributed by atoms with Crippen molar-refractivity contribution in [2.75, 3.05) is 11.9 Å². The maximum atomic E-state index is 13.0. The van der Waals surface area contributed by atoms with Crippen LogP contribution in [0, 0.1) is 5.92 Å². The molecule has 2 atom stereocenters. The van der Waals surface area contributed by atoms with E-state index in [4.69, 9.17) is 0 Å². The number of alkyl halides is 3. The number of nitrogens with one attached hydrogen (secondary N) is 2. The summed E-state index contributed by atoms with van der Waals surface area (Å²) in [6, 6.07) is 12.3. The van der Waals surface area contributed by atoms with E-state index in [-0.39, 0.29) is 6.54 Å². The zero-order valence-electron chi connectivity index (χ0n) is 14.9. The van der Waals surface area contributed by atoms with Crippen molar-refractivity contribution in [1.82, 2.24) is 5.32 Å². The molecule has 0 unspecified atom stereocenters. The van der Waals surface area contributed by atoms with Crippen LogP contribution < -0.4 is 10.6 Å². The van der Waals surface area contributed by atoms with Crippen LogP contribution in [0.25, 0.3) is 0 Å². The Hall–Kier alpha value is -2.83. The van der Waals surface area contributed by atoms with Crippen LogP contribution in [0.2, 0.25) is 0 Å². The third kappa shape index (κ3) is 3.61. The Bertz CT molecular complexity index is 922. The summed E-state index contributed by atoms with van der Waals surface area (Å²) in [5, 5.41) is 5.44. The Morgan fingerprint density at radius 3 is 2.54 bits per heavy atom. The average molecular weight is 388 g/mol. The van der Waals surface area contributed by atoms with E-state index in [0.29, 0.717) is 17.2 Å². The average Bonchev–Trinajstić information content (AvgIpc) is 3.43. The summed E-state index contributed by atoms with van der Waals surface area (Å²) in [4.78, 5) is 25.2. The van der Waals surface area contributed by atoms with Crippen molar-refractivity contribution in [2.45, 2.75) is 30.9 Å². The van der Waals surface area contributed by atoms with E-state index in [1.54, 1.807) is 12.1 Å². The van der Waals surface area contributed by atoms with E-state index < -0.39 is 35.4 Å². The third-order valence-electron chi connectivity index (χ3n) is 5.34. The molecule has 4 nitrogen and oxygen atoms in total. The lowest BCUT2D eigenvalue weighted by Gasteiger charge is -2.19.